The zero-order valence-corrected chi connectivity index (χ0v) is 14.2. The summed E-state index contributed by atoms with van der Waals surface area (Å²) in [7, 11) is 0. The zero-order chi connectivity index (χ0) is 16.8. The number of hydrogen-bond donors (Lipinski definition) is 0. The summed E-state index contributed by atoms with van der Waals surface area (Å²) in [4.78, 5) is 0. The van der Waals surface area contributed by atoms with Gasteiger partial charge in [-0.05, 0) is 29.2 Å². The van der Waals surface area contributed by atoms with E-state index < -0.39 is 0 Å². The molecule has 4 aromatic carbocycles. The van der Waals surface area contributed by atoms with E-state index in [2.05, 4.69) is 83.3 Å². The van der Waals surface area contributed by atoms with Crippen molar-refractivity contribution in [3.63, 3.8) is 0 Å². The number of hydrogen-bond acceptors (Lipinski definition) is 0. The van der Waals surface area contributed by atoms with Gasteiger partial charge in [0.15, 0.2) is 0 Å². The lowest BCUT2D eigenvalue weighted by Gasteiger charge is -2.06. The average molecular weight is 329 g/mol. The van der Waals surface area contributed by atoms with Crippen LogP contribution in [0.5, 0.6) is 0 Å². The lowest BCUT2D eigenvalue weighted by Crippen LogP contribution is -1.86. The van der Waals surface area contributed by atoms with E-state index in [9.17, 15) is 0 Å². The summed E-state index contributed by atoms with van der Waals surface area (Å²) in [6, 6.07) is 29.1. The van der Waals surface area contributed by atoms with Gasteiger partial charge in [-0.2, -0.15) is 0 Å². The van der Waals surface area contributed by atoms with Crippen LogP contribution in [0.4, 0.5) is 0 Å². The highest BCUT2D eigenvalue weighted by Crippen LogP contribution is 2.46. The first-order chi connectivity index (χ1) is 12.9. The highest BCUT2D eigenvalue weighted by molar-refractivity contribution is 6.25. The molecular weight excluding hydrogens is 314 g/mol. The van der Waals surface area contributed by atoms with Crippen LogP contribution in [0.2, 0.25) is 0 Å². The van der Waals surface area contributed by atoms with E-state index >= 15 is 0 Å². The second-order valence-electron chi connectivity index (χ2n) is 7.38. The van der Waals surface area contributed by atoms with Crippen LogP contribution in [0.1, 0.15) is 11.1 Å². The first-order valence-corrected chi connectivity index (χ1v) is 9.19. The Labute approximate surface area is 150 Å². The Hall–Kier alpha value is -3.32. The first-order valence-electron chi connectivity index (χ1n) is 9.19. The van der Waals surface area contributed by atoms with Crippen molar-refractivity contribution in [2.24, 2.45) is 0 Å². The number of nitrogens with zero attached hydrogens (tertiary/aromatic N) is 1. The number of fused-ring (bicyclic) bond motifs is 10. The molecule has 1 heteroatoms. The van der Waals surface area contributed by atoms with Gasteiger partial charge in [0.2, 0.25) is 0 Å². The predicted octanol–water partition coefficient (Wildman–Crippen LogP) is 6.41. The number of benzene rings is 4. The molecule has 0 aliphatic heterocycles. The van der Waals surface area contributed by atoms with E-state index in [0.717, 1.165) is 6.42 Å². The van der Waals surface area contributed by atoms with Crippen molar-refractivity contribution in [1.29, 1.82) is 0 Å². The Balaban J connectivity index is 1.85. The quantitative estimate of drug-likeness (QED) is 0.303. The normalized spacial score (nSPS) is 13.2. The van der Waals surface area contributed by atoms with Crippen LogP contribution in [-0.2, 0) is 6.42 Å². The van der Waals surface area contributed by atoms with Crippen LogP contribution in [0.25, 0.3) is 49.2 Å². The van der Waals surface area contributed by atoms with E-state index in [1.165, 1.54) is 60.3 Å². The predicted molar refractivity (Wildman–Crippen MR) is 109 cm³/mol. The molecule has 7 rings (SSSR count). The van der Waals surface area contributed by atoms with Gasteiger partial charge in [-0.3, -0.25) is 0 Å². The molecule has 1 aliphatic carbocycles. The second kappa shape index (κ2) is 4.25. The Kier molecular flexibility index (Phi) is 2.12. The van der Waals surface area contributed by atoms with E-state index in [-0.39, 0.29) is 0 Å². The molecule has 0 atom stereocenters. The van der Waals surface area contributed by atoms with Crippen molar-refractivity contribution in [2.75, 3.05) is 0 Å². The molecule has 0 spiro atoms. The molecule has 26 heavy (non-hydrogen) atoms. The van der Waals surface area contributed by atoms with Crippen molar-refractivity contribution in [2.45, 2.75) is 6.42 Å². The molecule has 0 saturated carbocycles. The van der Waals surface area contributed by atoms with Gasteiger partial charge in [-0.1, -0.05) is 72.8 Å². The second-order valence-corrected chi connectivity index (χ2v) is 7.38. The van der Waals surface area contributed by atoms with Crippen molar-refractivity contribution in [3.05, 3.63) is 90.0 Å². The Morgan fingerprint density at radius 3 is 2.23 bits per heavy atom. The largest absolute Gasteiger partial charge is 0.307 e. The smallest absolute Gasteiger partial charge is 0.0622 e. The molecule has 0 saturated heterocycles. The molecule has 6 aromatic rings. The van der Waals surface area contributed by atoms with E-state index in [1.54, 1.807) is 0 Å². The van der Waals surface area contributed by atoms with Crippen molar-refractivity contribution < 1.29 is 0 Å². The maximum absolute atomic E-state index is 2.51. The van der Waals surface area contributed by atoms with Gasteiger partial charge in [0.05, 0.1) is 16.6 Å². The monoisotopic (exact) mass is 329 g/mol. The minimum atomic E-state index is 1.04. The van der Waals surface area contributed by atoms with Crippen LogP contribution in [-0.4, -0.2) is 4.40 Å². The summed E-state index contributed by atoms with van der Waals surface area (Å²) in [5, 5.41) is 5.43. The van der Waals surface area contributed by atoms with E-state index in [4.69, 9.17) is 0 Å². The fourth-order valence-corrected chi connectivity index (χ4v) is 5.12. The minimum absolute atomic E-state index is 1.04. The van der Waals surface area contributed by atoms with Crippen LogP contribution < -0.4 is 0 Å². The molecule has 2 heterocycles. The highest BCUT2D eigenvalue weighted by Gasteiger charge is 2.25. The molecule has 0 N–H and O–H groups in total. The third-order valence-corrected chi connectivity index (χ3v) is 6.14. The summed E-state index contributed by atoms with van der Waals surface area (Å²) in [6.07, 6.45) is 1.04. The van der Waals surface area contributed by atoms with Crippen molar-refractivity contribution in [1.82, 2.24) is 4.40 Å². The van der Waals surface area contributed by atoms with Gasteiger partial charge in [0.1, 0.15) is 0 Å². The molecular formula is C25H15N. The molecule has 1 nitrogen and oxygen atoms in total. The number of rotatable bonds is 0. The molecule has 0 bridgehead atoms. The Morgan fingerprint density at radius 1 is 0.538 bits per heavy atom. The first kappa shape index (κ1) is 13.0. The minimum Gasteiger partial charge on any atom is -0.307 e. The van der Waals surface area contributed by atoms with Gasteiger partial charge in [-0.25, -0.2) is 0 Å². The third kappa shape index (κ3) is 1.33. The third-order valence-electron chi connectivity index (χ3n) is 6.14. The molecule has 2 aromatic heterocycles. The van der Waals surface area contributed by atoms with Gasteiger partial charge < -0.3 is 4.40 Å². The van der Waals surface area contributed by atoms with Gasteiger partial charge in [-0.15, -0.1) is 0 Å². The van der Waals surface area contributed by atoms with Crippen LogP contribution in [0.3, 0.4) is 0 Å². The molecule has 120 valence electrons. The zero-order valence-electron chi connectivity index (χ0n) is 14.2. The maximum atomic E-state index is 2.51. The topological polar surface area (TPSA) is 4.41 Å². The van der Waals surface area contributed by atoms with Gasteiger partial charge in [0, 0.05) is 27.1 Å². The molecule has 0 radical (unpaired) electrons. The SMILES string of the molecule is c1ccc2c(c1)Cc1ccc3c4cccc5c6ccccc6n(c3c1-2)c54. The highest BCUT2D eigenvalue weighted by atomic mass is 14.9. The van der Waals surface area contributed by atoms with E-state index in [1.807, 2.05) is 0 Å². The molecule has 0 amide bonds. The summed E-state index contributed by atoms with van der Waals surface area (Å²) < 4.78 is 2.51. The Morgan fingerprint density at radius 2 is 1.27 bits per heavy atom. The van der Waals surface area contributed by atoms with Crippen LogP contribution >= 0.6 is 0 Å². The number of para-hydroxylation sites is 2. The standard InChI is InChI=1S/C25H15N/c1-2-7-17-15(6-1)14-16-12-13-21-20-10-5-9-19-18-8-3-4-11-22(18)26(24(19)20)25(21)23(16)17/h1-13H,14H2. The van der Waals surface area contributed by atoms with Gasteiger partial charge in [0.25, 0.3) is 0 Å². The molecule has 0 fully saturated rings. The lowest BCUT2D eigenvalue weighted by molar-refractivity contribution is 1.26. The Bertz CT molecular complexity index is 1500. The average Bonchev–Trinajstić information content (AvgIpc) is 3.33. The van der Waals surface area contributed by atoms with Crippen molar-refractivity contribution in [3.8, 4) is 11.1 Å². The van der Waals surface area contributed by atoms with Crippen LogP contribution in [0.15, 0.2) is 78.9 Å². The van der Waals surface area contributed by atoms with Crippen molar-refractivity contribution >= 4 is 38.1 Å². The summed E-state index contributed by atoms with van der Waals surface area (Å²) in [5.41, 5.74) is 9.77. The van der Waals surface area contributed by atoms with E-state index in [0.29, 0.717) is 0 Å². The summed E-state index contributed by atoms with van der Waals surface area (Å²) in [6.45, 7) is 0. The lowest BCUT2D eigenvalue weighted by atomic mass is 10.0. The molecule has 0 unspecified atom stereocenters. The fourth-order valence-electron chi connectivity index (χ4n) is 5.12. The van der Waals surface area contributed by atoms with Crippen LogP contribution in [0, 0.1) is 0 Å². The summed E-state index contributed by atoms with van der Waals surface area (Å²) in [5.74, 6) is 0. The number of aromatic nitrogens is 1. The van der Waals surface area contributed by atoms with Gasteiger partial charge >= 0.3 is 0 Å². The summed E-state index contributed by atoms with van der Waals surface area (Å²) >= 11 is 0. The molecule has 1 aliphatic rings. The maximum Gasteiger partial charge on any atom is 0.0622 e. The fraction of sp³-hybridized carbons (Fsp3) is 0.0400.